The summed E-state index contributed by atoms with van der Waals surface area (Å²) in [7, 11) is 0. The van der Waals surface area contributed by atoms with Crippen LogP contribution in [0, 0.1) is 0 Å². The van der Waals surface area contributed by atoms with E-state index in [1.165, 1.54) is 0 Å². The summed E-state index contributed by atoms with van der Waals surface area (Å²) >= 11 is 1.63. The van der Waals surface area contributed by atoms with Gasteiger partial charge in [-0.1, -0.05) is 40.3 Å². The van der Waals surface area contributed by atoms with E-state index in [9.17, 15) is 0 Å². The lowest BCUT2D eigenvalue weighted by atomic mass is 10.1. The fraction of sp³-hybridized carbons (Fsp3) is 0.500. The van der Waals surface area contributed by atoms with Gasteiger partial charge in [0.05, 0.1) is 5.69 Å². The zero-order valence-corrected chi connectivity index (χ0v) is 11.1. The maximum atomic E-state index is 4.26. The standard InChI is InChI=1S/C10H14N2S.C2H6/c1-5-8-9(7(2)3)11-6-12-10(8)13-4;1-2/h5-7H,1H2,2-4H3;1-2H3. The molecule has 0 bridgehead atoms. The lowest BCUT2D eigenvalue weighted by Crippen LogP contribution is -1.99. The van der Waals surface area contributed by atoms with Crippen LogP contribution in [-0.2, 0) is 0 Å². The molecule has 0 saturated heterocycles. The molecule has 0 spiro atoms. The molecule has 0 saturated carbocycles. The van der Waals surface area contributed by atoms with Crippen molar-refractivity contribution < 1.29 is 0 Å². The molecule has 0 fully saturated rings. The first-order chi connectivity index (χ1) is 7.20. The van der Waals surface area contributed by atoms with Crippen molar-refractivity contribution in [3.8, 4) is 0 Å². The van der Waals surface area contributed by atoms with Gasteiger partial charge in [-0.25, -0.2) is 9.97 Å². The quantitative estimate of drug-likeness (QED) is 0.573. The minimum atomic E-state index is 0.418. The van der Waals surface area contributed by atoms with Crippen LogP contribution in [0.25, 0.3) is 6.08 Å². The SMILES string of the molecule is C=Cc1c(SC)ncnc1C(C)C.CC. The summed E-state index contributed by atoms with van der Waals surface area (Å²) in [4.78, 5) is 8.45. The first-order valence-electron chi connectivity index (χ1n) is 5.22. The molecule has 0 amide bonds. The maximum Gasteiger partial charge on any atom is 0.117 e. The van der Waals surface area contributed by atoms with Crippen LogP contribution >= 0.6 is 11.8 Å². The van der Waals surface area contributed by atoms with Gasteiger partial charge in [-0.05, 0) is 12.2 Å². The second kappa shape index (κ2) is 7.46. The Bertz CT molecular complexity index is 308. The molecule has 1 heterocycles. The topological polar surface area (TPSA) is 25.8 Å². The Kier molecular flexibility index (Phi) is 7.05. The maximum absolute atomic E-state index is 4.26. The third-order valence-corrected chi connectivity index (χ3v) is 2.53. The van der Waals surface area contributed by atoms with Gasteiger partial charge in [-0.3, -0.25) is 0 Å². The average molecular weight is 224 g/mol. The summed E-state index contributed by atoms with van der Waals surface area (Å²) in [6.45, 7) is 12.0. The van der Waals surface area contributed by atoms with Crippen LogP contribution in [0.3, 0.4) is 0 Å². The summed E-state index contributed by atoms with van der Waals surface area (Å²) in [5.74, 6) is 0.418. The van der Waals surface area contributed by atoms with Gasteiger partial charge in [0.1, 0.15) is 11.4 Å². The van der Waals surface area contributed by atoms with Crippen molar-refractivity contribution in [3.63, 3.8) is 0 Å². The van der Waals surface area contributed by atoms with Crippen LogP contribution in [0.2, 0.25) is 0 Å². The molecule has 0 radical (unpaired) electrons. The van der Waals surface area contributed by atoms with Crippen molar-refractivity contribution in [2.24, 2.45) is 0 Å². The minimum Gasteiger partial charge on any atom is -0.240 e. The molecule has 0 aliphatic heterocycles. The van der Waals surface area contributed by atoms with Gasteiger partial charge in [0.15, 0.2) is 0 Å². The zero-order chi connectivity index (χ0) is 11.8. The van der Waals surface area contributed by atoms with E-state index in [2.05, 4.69) is 30.4 Å². The first-order valence-corrected chi connectivity index (χ1v) is 6.44. The predicted octanol–water partition coefficient (Wildman–Crippen LogP) is 3.99. The van der Waals surface area contributed by atoms with Crippen LogP contribution in [0.15, 0.2) is 17.9 Å². The van der Waals surface area contributed by atoms with E-state index in [0.717, 1.165) is 16.3 Å². The summed E-state index contributed by atoms with van der Waals surface area (Å²) in [6.07, 6.45) is 5.47. The zero-order valence-electron chi connectivity index (χ0n) is 10.2. The van der Waals surface area contributed by atoms with E-state index in [1.807, 2.05) is 26.2 Å². The van der Waals surface area contributed by atoms with Crippen molar-refractivity contribution >= 4 is 17.8 Å². The number of aromatic nitrogens is 2. The minimum absolute atomic E-state index is 0.418. The molecule has 0 aliphatic rings. The average Bonchev–Trinajstić information content (AvgIpc) is 2.30. The molecule has 0 unspecified atom stereocenters. The van der Waals surface area contributed by atoms with Crippen molar-refractivity contribution in [2.75, 3.05) is 6.26 Å². The second-order valence-electron chi connectivity index (χ2n) is 3.04. The lowest BCUT2D eigenvalue weighted by Gasteiger charge is -2.10. The van der Waals surface area contributed by atoms with Crippen LogP contribution in [-0.4, -0.2) is 16.2 Å². The van der Waals surface area contributed by atoms with E-state index >= 15 is 0 Å². The van der Waals surface area contributed by atoms with Crippen LogP contribution in [0.5, 0.6) is 0 Å². The van der Waals surface area contributed by atoms with E-state index in [1.54, 1.807) is 18.1 Å². The highest BCUT2D eigenvalue weighted by Crippen LogP contribution is 2.25. The summed E-state index contributed by atoms with van der Waals surface area (Å²) in [5, 5.41) is 1.01. The third-order valence-electron chi connectivity index (χ3n) is 1.82. The van der Waals surface area contributed by atoms with E-state index in [4.69, 9.17) is 0 Å². The molecular formula is C12H20N2S. The molecule has 0 atom stereocenters. The fourth-order valence-electron chi connectivity index (χ4n) is 1.21. The monoisotopic (exact) mass is 224 g/mol. The molecule has 0 N–H and O–H groups in total. The van der Waals surface area contributed by atoms with Gasteiger partial charge in [-0.2, -0.15) is 0 Å². The van der Waals surface area contributed by atoms with Crippen molar-refractivity contribution in [3.05, 3.63) is 24.2 Å². The van der Waals surface area contributed by atoms with Gasteiger partial charge in [0, 0.05) is 5.56 Å². The summed E-state index contributed by atoms with van der Waals surface area (Å²) in [5.41, 5.74) is 2.15. The fourth-order valence-corrected chi connectivity index (χ4v) is 1.77. The number of rotatable bonds is 3. The Morgan fingerprint density at radius 2 is 1.93 bits per heavy atom. The number of hydrogen-bond acceptors (Lipinski definition) is 3. The molecule has 2 nitrogen and oxygen atoms in total. The smallest absolute Gasteiger partial charge is 0.117 e. The molecule has 0 aliphatic carbocycles. The van der Waals surface area contributed by atoms with E-state index in [0.29, 0.717) is 5.92 Å². The summed E-state index contributed by atoms with van der Waals surface area (Å²) < 4.78 is 0. The van der Waals surface area contributed by atoms with Crippen molar-refractivity contribution in [2.45, 2.75) is 38.6 Å². The van der Waals surface area contributed by atoms with Crippen LogP contribution in [0.1, 0.15) is 44.9 Å². The molecule has 0 aromatic carbocycles. The molecule has 84 valence electrons. The first kappa shape index (κ1) is 14.2. The van der Waals surface area contributed by atoms with Gasteiger partial charge >= 0.3 is 0 Å². The van der Waals surface area contributed by atoms with Crippen LogP contribution < -0.4 is 0 Å². The van der Waals surface area contributed by atoms with Crippen LogP contribution in [0.4, 0.5) is 0 Å². The predicted molar refractivity (Wildman–Crippen MR) is 69.3 cm³/mol. The van der Waals surface area contributed by atoms with E-state index < -0.39 is 0 Å². The molecule has 3 heteroatoms. The van der Waals surface area contributed by atoms with Gasteiger partial charge in [0.2, 0.25) is 0 Å². The Morgan fingerprint density at radius 1 is 1.33 bits per heavy atom. The number of hydrogen-bond donors (Lipinski definition) is 0. The highest BCUT2D eigenvalue weighted by molar-refractivity contribution is 7.98. The largest absolute Gasteiger partial charge is 0.240 e. The highest BCUT2D eigenvalue weighted by Gasteiger charge is 2.09. The van der Waals surface area contributed by atoms with Crippen molar-refractivity contribution in [1.29, 1.82) is 0 Å². The normalized spacial score (nSPS) is 9.47. The van der Waals surface area contributed by atoms with E-state index in [-0.39, 0.29) is 0 Å². The molecule has 1 aromatic heterocycles. The molecule has 1 aromatic rings. The van der Waals surface area contributed by atoms with Gasteiger partial charge in [-0.15, -0.1) is 11.8 Å². The Hall–Kier alpha value is -0.830. The Balaban J connectivity index is 0.000000921. The van der Waals surface area contributed by atoms with Crippen molar-refractivity contribution in [1.82, 2.24) is 9.97 Å². The third kappa shape index (κ3) is 3.67. The molecular weight excluding hydrogens is 204 g/mol. The Labute approximate surface area is 97.2 Å². The Morgan fingerprint density at radius 3 is 2.33 bits per heavy atom. The second-order valence-corrected chi connectivity index (χ2v) is 3.84. The lowest BCUT2D eigenvalue weighted by molar-refractivity contribution is 0.795. The number of nitrogens with zero attached hydrogens (tertiary/aromatic N) is 2. The summed E-state index contributed by atoms with van der Waals surface area (Å²) in [6, 6.07) is 0. The molecule has 15 heavy (non-hydrogen) atoms. The van der Waals surface area contributed by atoms with Gasteiger partial charge in [0.25, 0.3) is 0 Å². The van der Waals surface area contributed by atoms with Gasteiger partial charge < -0.3 is 0 Å². The number of thioether (sulfide) groups is 1. The molecule has 1 rings (SSSR count). The highest BCUT2D eigenvalue weighted by atomic mass is 32.2.